The summed E-state index contributed by atoms with van der Waals surface area (Å²) in [7, 11) is -1.10. The summed E-state index contributed by atoms with van der Waals surface area (Å²) in [5.74, 6) is 0.758. The fourth-order valence-corrected chi connectivity index (χ4v) is 2.78. The zero-order valence-electron chi connectivity index (χ0n) is 6.94. The first-order valence-corrected chi connectivity index (χ1v) is 5.80. The Hall–Kier alpha value is -0.680. The van der Waals surface area contributed by atoms with Gasteiger partial charge in [-0.15, -0.1) is 0 Å². The lowest BCUT2D eigenvalue weighted by molar-refractivity contribution is 0.591. The van der Waals surface area contributed by atoms with E-state index in [1.807, 2.05) is 30.3 Å². The van der Waals surface area contributed by atoms with Crippen LogP contribution in [0.25, 0.3) is 0 Å². The van der Waals surface area contributed by atoms with Crippen LogP contribution in [0.2, 0.25) is 0 Å². The average molecular weight is 179 g/mol. The van der Waals surface area contributed by atoms with Crippen molar-refractivity contribution in [2.24, 2.45) is 5.92 Å². The summed E-state index contributed by atoms with van der Waals surface area (Å²) in [6.45, 7) is 0. The molecule has 0 aromatic heterocycles. The molecule has 2 rings (SSSR count). The van der Waals surface area contributed by atoms with E-state index in [4.69, 9.17) is 0 Å². The summed E-state index contributed by atoms with van der Waals surface area (Å²) in [6.07, 6.45) is 3.47. The van der Waals surface area contributed by atoms with Gasteiger partial charge >= 0.3 is 7.80 Å². The van der Waals surface area contributed by atoms with Crippen LogP contribution in [-0.4, -0.2) is 6.16 Å². The van der Waals surface area contributed by atoms with Crippen LogP contribution in [-0.2, 0) is 4.57 Å². The molecule has 0 N–H and O–H groups in total. The van der Waals surface area contributed by atoms with Crippen molar-refractivity contribution < 1.29 is 4.57 Å². The summed E-state index contributed by atoms with van der Waals surface area (Å²) in [5, 5.41) is 1.01. The molecule has 1 aromatic carbocycles. The first-order valence-electron chi connectivity index (χ1n) is 4.36. The Morgan fingerprint density at radius 1 is 1.25 bits per heavy atom. The molecule has 1 saturated carbocycles. The predicted octanol–water partition coefficient (Wildman–Crippen LogP) is 2.55. The molecular weight excluding hydrogens is 167 g/mol. The Kier molecular flexibility index (Phi) is 2.23. The van der Waals surface area contributed by atoms with Crippen molar-refractivity contribution in [1.82, 2.24) is 0 Å². The summed E-state index contributed by atoms with van der Waals surface area (Å²) in [4.78, 5) is 0. The Bertz CT molecular complexity index is 277. The second-order valence-electron chi connectivity index (χ2n) is 3.34. The largest absolute Gasteiger partial charge is 0.377 e. The van der Waals surface area contributed by atoms with Gasteiger partial charge in [-0.05, 0) is 25.0 Å². The minimum atomic E-state index is -1.10. The predicted molar refractivity (Wildman–Crippen MR) is 51.3 cm³/mol. The number of hydrogen-bond acceptors (Lipinski definition) is 1. The van der Waals surface area contributed by atoms with E-state index < -0.39 is 7.80 Å². The molecule has 1 fully saturated rings. The molecule has 62 valence electrons. The summed E-state index contributed by atoms with van der Waals surface area (Å²) in [5.41, 5.74) is 0. The van der Waals surface area contributed by atoms with Gasteiger partial charge in [0.2, 0.25) is 0 Å². The Morgan fingerprint density at radius 2 is 1.92 bits per heavy atom. The van der Waals surface area contributed by atoms with Crippen LogP contribution in [0.3, 0.4) is 0 Å². The molecule has 0 spiro atoms. The van der Waals surface area contributed by atoms with Gasteiger partial charge in [-0.3, -0.25) is 0 Å². The third-order valence-corrected chi connectivity index (χ3v) is 3.89. The molecule has 12 heavy (non-hydrogen) atoms. The Labute approximate surface area is 73.6 Å². The highest BCUT2D eigenvalue weighted by Crippen LogP contribution is 2.37. The van der Waals surface area contributed by atoms with Gasteiger partial charge in [-0.25, -0.2) is 0 Å². The first-order chi connectivity index (χ1) is 5.86. The van der Waals surface area contributed by atoms with Crippen LogP contribution in [0.4, 0.5) is 0 Å². The maximum Gasteiger partial charge on any atom is 0.377 e. The molecule has 0 saturated heterocycles. The number of hydrogen-bond donors (Lipinski definition) is 0. The van der Waals surface area contributed by atoms with Gasteiger partial charge in [-0.1, -0.05) is 22.8 Å². The molecule has 0 heterocycles. The van der Waals surface area contributed by atoms with Gasteiger partial charge in [0, 0.05) is 5.92 Å². The molecule has 1 aromatic rings. The highest BCUT2D eigenvalue weighted by atomic mass is 31.1. The molecule has 1 aliphatic carbocycles. The Morgan fingerprint density at radius 3 is 2.50 bits per heavy atom. The van der Waals surface area contributed by atoms with Crippen LogP contribution in [0, 0.1) is 5.92 Å². The quantitative estimate of drug-likeness (QED) is 0.651. The molecular formula is C10H12OP+. The van der Waals surface area contributed by atoms with E-state index >= 15 is 0 Å². The summed E-state index contributed by atoms with van der Waals surface area (Å²) in [6, 6.07) is 9.79. The van der Waals surface area contributed by atoms with E-state index in [9.17, 15) is 4.57 Å². The fraction of sp³-hybridized carbons (Fsp3) is 0.400. The van der Waals surface area contributed by atoms with Gasteiger partial charge in [0.25, 0.3) is 0 Å². The van der Waals surface area contributed by atoms with Gasteiger partial charge < -0.3 is 0 Å². The molecule has 0 amide bonds. The molecule has 1 nitrogen and oxygen atoms in total. The van der Waals surface area contributed by atoms with Crippen LogP contribution in [0.15, 0.2) is 30.3 Å². The normalized spacial score (nSPS) is 17.5. The maximum atomic E-state index is 11.6. The van der Waals surface area contributed by atoms with Crippen LogP contribution < -0.4 is 5.30 Å². The standard InChI is InChI=1S/C10H12OP/c11-12(8-9-6-7-9)10-4-2-1-3-5-10/h1-5,9H,6-8H2/q+1. The minimum Gasteiger partial charge on any atom is -0.0681 e. The molecule has 2 heteroatoms. The highest BCUT2D eigenvalue weighted by molar-refractivity contribution is 7.53. The van der Waals surface area contributed by atoms with Crippen molar-refractivity contribution in [2.45, 2.75) is 12.8 Å². The molecule has 1 atom stereocenters. The summed E-state index contributed by atoms with van der Waals surface area (Å²) < 4.78 is 11.6. The molecule has 0 bridgehead atoms. The molecule has 1 unspecified atom stereocenters. The van der Waals surface area contributed by atoms with Gasteiger partial charge in [0.15, 0.2) is 11.5 Å². The lowest BCUT2D eigenvalue weighted by Gasteiger charge is -1.85. The zero-order valence-corrected chi connectivity index (χ0v) is 7.84. The van der Waals surface area contributed by atoms with E-state index in [1.54, 1.807) is 0 Å². The second kappa shape index (κ2) is 3.37. The van der Waals surface area contributed by atoms with Gasteiger partial charge in [0.1, 0.15) is 0 Å². The molecule has 0 radical (unpaired) electrons. The van der Waals surface area contributed by atoms with E-state index in [0.717, 1.165) is 17.4 Å². The lowest BCUT2D eigenvalue weighted by Crippen LogP contribution is -1.97. The lowest BCUT2D eigenvalue weighted by atomic mass is 10.4. The first kappa shape index (κ1) is 7.94. The van der Waals surface area contributed by atoms with Crippen LogP contribution in [0.5, 0.6) is 0 Å². The average Bonchev–Trinajstić information content (AvgIpc) is 2.90. The van der Waals surface area contributed by atoms with Crippen molar-refractivity contribution in [2.75, 3.05) is 6.16 Å². The van der Waals surface area contributed by atoms with Crippen molar-refractivity contribution in [3.05, 3.63) is 30.3 Å². The third kappa shape index (κ3) is 1.92. The second-order valence-corrected chi connectivity index (χ2v) is 4.98. The van der Waals surface area contributed by atoms with Crippen LogP contribution >= 0.6 is 7.80 Å². The molecule has 1 aliphatic rings. The van der Waals surface area contributed by atoms with Crippen molar-refractivity contribution in [3.63, 3.8) is 0 Å². The topological polar surface area (TPSA) is 17.1 Å². The maximum absolute atomic E-state index is 11.6. The highest BCUT2D eigenvalue weighted by Gasteiger charge is 2.32. The monoisotopic (exact) mass is 179 g/mol. The minimum absolute atomic E-state index is 0.758. The van der Waals surface area contributed by atoms with Crippen molar-refractivity contribution in [3.8, 4) is 0 Å². The van der Waals surface area contributed by atoms with Gasteiger partial charge in [0.05, 0.1) is 0 Å². The summed E-state index contributed by atoms with van der Waals surface area (Å²) >= 11 is 0. The molecule has 0 aliphatic heterocycles. The SMILES string of the molecule is O=[P+](CC1CC1)c1ccccc1. The fourth-order valence-electron chi connectivity index (χ4n) is 1.23. The van der Waals surface area contributed by atoms with Crippen LogP contribution in [0.1, 0.15) is 12.8 Å². The van der Waals surface area contributed by atoms with Crippen molar-refractivity contribution >= 4 is 13.1 Å². The van der Waals surface area contributed by atoms with E-state index in [2.05, 4.69) is 0 Å². The Balaban J connectivity index is 2.03. The van der Waals surface area contributed by atoms with E-state index in [1.165, 1.54) is 12.8 Å². The zero-order chi connectivity index (χ0) is 8.39. The van der Waals surface area contributed by atoms with E-state index in [0.29, 0.717) is 0 Å². The third-order valence-electron chi connectivity index (χ3n) is 2.17. The van der Waals surface area contributed by atoms with Crippen molar-refractivity contribution in [1.29, 1.82) is 0 Å². The number of rotatable bonds is 3. The van der Waals surface area contributed by atoms with Gasteiger partial charge in [-0.2, -0.15) is 0 Å². The van der Waals surface area contributed by atoms with E-state index in [-0.39, 0.29) is 0 Å². The number of benzene rings is 1. The smallest absolute Gasteiger partial charge is 0.0681 e.